The molecule has 2 heteroatoms. The number of benzene rings is 3. The van der Waals surface area contributed by atoms with Crippen molar-refractivity contribution in [2.45, 2.75) is 13.3 Å². The molecule has 26 heavy (non-hydrogen) atoms. The van der Waals surface area contributed by atoms with E-state index < -0.39 is 5.82 Å². The highest BCUT2D eigenvalue weighted by molar-refractivity contribution is 6.30. The van der Waals surface area contributed by atoms with Gasteiger partial charge in [-0.1, -0.05) is 66.5 Å². The van der Waals surface area contributed by atoms with Crippen molar-refractivity contribution in [2.75, 3.05) is 0 Å². The average molecular weight is 359 g/mol. The van der Waals surface area contributed by atoms with Crippen LogP contribution in [0.25, 0.3) is 11.1 Å². The fraction of sp³-hybridized carbons (Fsp3) is 0.0833. The van der Waals surface area contributed by atoms with E-state index in [9.17, 15) is 4.39 Å². The maximum Gasteiger partial charge on any atom is 0.140 e. The van der Waals surface area contributed by atoms with E-state index in [1.807, 2.05) is 43.3 Å². The SMILES string of the molecule is CCC#Cc1ccc(-c2ccc(C#Cc3ccc(Cl)cc3F)cc2)cc1. The second kappa shape index (κ2) is 8.39. The zero-order valence-electron chi connectivity index (χ0n) is 14.3. The highest BCUT2D eigenvalue weighted by Crippen LogP contribution is 2.20. The van der Waals surface area contributed by atoms with Crippen LogP contribution in [0.4, 0.5) is 4.39 Å². The minimum Gasteiger partial charge on any atom is -0.206 e. The Morgan fingerprint density at radius 3 is 1.88 bits per heavy atom. The number of hydrogen-bond donors (Lipinski definition) is 0. The van der Waals surface area contributed by atoms with Crippen LogP contribution in [0.1, 0.15) is 30.0 Å². The van der Waals surface area contributed by atoms with Crippen LogP contribution < -0.4 is 0 Å². The molecular weight excluding hydrogens is 343 g/mol. The first-order chi connectivity index (χ1) is 12.7. The molecule has 3 rings (SSSR count). The summed E-state index contributed by atoms with van der Waals surface area (Å²) in [5.74, 6) is 11.6. The second-order valence-corrected chi connectivity index (χ2v) is 6.12. The molecule has 0 bridgehead atoms. The van der Waals surface area contributed by atoms with Crippen molar-refractivity contribution < 1.29 is 4.39 Å². The summed E-state index contributed by atoms with van der Waals surface area (Å²) in [6, 6.07) is 20.5. The molecule has 3 aromatic carbocycles. The molecule has 0 spiro atoms. The minimum atomic E-state index is -0.409. The van der Waals surface area contributed by atoms with E-state index >= 15 is 0 Å². The predicted molar refractivity (Wildman–Crippen MR) is 106 cm³/mol. The smallest absolute Gasteiger partial charge is 0.140 e. The van der Waals surface area contributed by atoms with E-state index in [-0.39, 0.29) is 0 Å². The lowest BCUT2D eigenvalue weighted by Gasteiger charge is -2.02. The fourth-order valence-corrected chi connectivity index (χ4v) is 2.57. The molecule has 126 valence electrons. The van der Waals surface area contributed by atoms with Crippen molar-refractivity contribution >= 4 is 11.6 Å². The summed E-state index contributed by atoms with van der Waals surface area (Å²) in [6.45, 7) is 2.03. The van der Waals surface area contributed by atoms with Crippen LogP contribution in [0.5, 0.6) is 0 Å². The molecule has 0 aromatic heterocycles. The lowest BCUT2D eigenvalue weighted by Crippen LogP contribution is -1.83. The summed E-state index contributed by atoms with van der Waals surface area (Å²) in [4.78, 5) is 0. The quantitative estimate of drug-likeness (QED) is 0.447. The molecular formula is C24H16ClF. The van der Waals surface area contributed by atoms with Crippen LogP contribution in [-0.4, -0.2) is 0 Å². The Labute approximate surface area is 158 Å². The lowest BCUT2D eigenvalue weighted by atomic mass is 10.0. The van der Waals surface area contributed by atoms with Crippen LogP contribution in [0, 0.1) is 29.5 Å². The maximum absolute atomic E-state index is 13.8. The second-order valence-electron chi connectivity index (χ2n) is 5.68. The van der Waals surface area contributed by atoms with Crippen molar-refractivity contribution in [2.24, 2.45) is 0 Å². The van der Waals surface area contributed by atoms with Crippen LogP contribution in [0.2, 0.25) is 5.02 Å². The van der Waals surface area contributed by atoms with E-state index in [0.29, 0.717) is 10.6 Å². The Morgan fingerprint density at radius 1 is 0.769 bits per heavy atom. The van der Waals surface area contributed by atoms with E-state index in [4.69, 9.17) is 11.6 Å². The zero-order chi connectivity index (χ0) is 18.4. The number of rotatable bonds is 1. The number of hydrogen-bond acceptors (Lipinski definition) is 0. The van der Waals surface area contributed by atoms with Gasteiger partial charge >= 0.3 is 0 Å². The van der Waals surface area contributed by atoms with Crippen molar-refractivity contribution in [1.82, 2.24) is 0 Å². The number of halogens is 2. The Morgan fingerprint density at radius 2 is 1.35 bits per heavy atom. The molecule has 0 heterocycles. The van der Waals surface area contributed by atoms with Gasteiger partial charge in [-0.15, -0.1) is 0 Å². The van der Waals surface area contributed by atoms with Crippen molar-refractivity contribution in [3.8, 4) is 34.8 Å². The third kappa shape index (κ3) is 4.54. The van der Waals surface area contributed by atoms with E-state index in [1.165, 1.54) is 6.07 Å². The Balaban J connectivity index is 1.78. The molecule has 0 atom stereocenters. The van der Waals surface area contributed by atoms with Crippen LogP contribution in [0.15, 0.2) is 66.7 Å². The molecule has 0 radical (unpaired) electrons. The van der Waals surface area contributed by atoms with Gasteiger partial charge in [-0.2, -0.15) is 0 Å². The standard InChI is InChI=1S/C24H16ClF/c1-2-3-4-18-5-10-20(11-6-18)21-12-7-19(8-13-21)9-14-22-15-16-23(25)17-24(22)26/h5-8,10-13,15-17H,2H2,1H3. The maximum atomic E-state index is 13.8. The van der Waals surface area contributed by atoms with Gasteiger partial charge < -0.3 is 0 Å². The van der Waals surface area contributed by atoms with E-state index in [1.54, 1.807) is 12.1 Å². The molecule has 0 amide bonds. The first kappa shape index (κ1) is 17.8. The topological polar surface area (TPSA) is 0 Å². The molecule has 0 saturated carbocycles. The highest BCUT2D eigenvalue weighted by Gasteiger charge is 2.00. The largest absolute Gasteiger partial charge is 0.206 e. The zero-order valence-corrected chi connectivity index (χ0v) is 15.1. The molecule has 0 saturated heterocycles. The van der Waals surface area contributed by atoms with E-state index in [0.717, 1.165) is 28.7 Å². The van der Waals surface area contributed by atoms with Gasteiger partial charge in [-0.25, -0.2) is 4.39 Å². The Hall–Kier alpha value is -3.00. The molecule has 0 aliphatic rings. The molecule has 0 unspecified atom stereocenters. The van der Waals surface area contributed by atoms with Gasteiger partial charge in [0.05, 0.1) is 5.56 Å². The molecule has 0 aliphatic carbocycles. The first-order valence-corrected chi connectivity index (χ1v) is 8.70. The van der Waals surface area contributed by atoms with Gasteiger partial charge in [0.15, 0.2) is 0 Å². The average Bonchev–Trinajstić information content (AvgIpc) is 2.66. The lowest BCUT2D eigenvalue weighted by molar-refractivity contribution is 0.624. The third-order valence-electron chi connectivity index (χ3n) is 3.79. The van der Waals surface area contributed by atoms with Gasteiger partial charge in [0, 0.05) is 22.6 Å². The van der Waals surface area contributed by atoms with Crippen molar-refractivity contribution in [3.63, 3.8) is 0 Å². The summed E-state index contributed by atoms with van der Waals surface area (Å²) < 4.78 is 13.8. The summed E-state index contributed by atoms with van der Waals surface area (Å²) in [6.07, 6.45) is 0.851. The fourth-order valence-electron chi connectivity index (χ4n) is 2.41. The summed E-state index contributed by atoms with van der Waals surface area (Å²) >= 11 is 5.75. The molecule has 0 nitrogen and oxygen atoms in total. The van der Waals surface area contributed by atoms with Gasteiger partial charge in [-0.3, -0.25) is 0 Å². The monoisotopic (exact) mass is 358 g/mol. The highest BCUT2D eigenvalue weighted by atomic mass is 35.5. The Bertz CT molecular complexity index is 1020. The van der Waals surface area contributed by atoms with Crippen molar-refractivity contribution in [1.29, 1.82) is 0 Å². The predicted octanol–water partition coefficient (Wildman–Crippen LogP) is 6.31. The van der Waals surface area contributed by atoms with Gasteiger partial charge in [0.25, 0.3) is 0 Å². The minimum absolute atomic E-state index is 0.335. The first-order valence-electron chi connectivity index (χ1n) is 8.32. The van der Waals surface area contributed by atoms with E-state index in [2.05, 4.69) is 35.8 Å². The Kier molecular flexibility index (Phi) is 5.75. The summed E-state index contributed by atoms with van der Waals surface area (Å²) in [5.41, 5.74) is 4.40. The van der Waals surface area contributed by atoms with Crippen LogP contribution in [-0.2, 0) is 0 Å². The third-order valence-corrected chi connectivity index (χ3v) is 4.02. The van der Waals surface area contributed by atoms with Crippen molar-refractivity contribution in [3.05, 3.63) is 94.3 Å². The normalized spacial score (nSPS) is 9.65. The molecule has 3 aromatic rings. The van der Waals surface area contributed by atoms with Gasteiger partial charge in [-0.05, 0) is 53.6 Å². The van der Waals surface area contributed by atoms with Gasteiger partial charge in [0.2, 0.25) is 0 Å². The summed E-state index contributed by atoms with van der Waals surface area (Å²) in [7, 11) is 0. The van der Waals surface area contributed by atoms with Gasteiger partial charge in [0.1, 0.15) is 5.82 Å². The molecule has 0 fully saturated rings. The molecule has 0 N–H and O–H groups in total. The van der Waals surface area contributed by atoms with Crippen LogP contribution >= 0.6 is 11.6 Å². The van der Waals surface area contributed by atoms with Crippen LogP contribution in [0.3, 0.4) is 0 Å². The summed E-state index contributed by atoms with van der Waals surface area (Å²) in [5, 5.41) is 0.365. The molecule has 0 aliphatic heterocycles.